The summed E-state index contributed by atoms with van der Waals surface area (Å²) in [6.45, 7) is 0.302. The zero-order valence-electron chi connectivity index (χ0n) is 15.6. The van der Waals surface area contributed by atoms with E-state index in [4.69, 9.17) is 10.5 Å². The molecule has 0 aliphatic heterocycles. The quantitative estimate of drug-likeness (QED) is 0.646. The van der Waals surface area contributed by atoms with Crippen LogP contribution in [0.15, 0.2) is 78.9 Å². The number of nitrogens with one attached hydrogen (secondary N) is 1. The van der Waals surface area contributed by atoms with Crippen molar-refractivity contribution >= 4 is 11.9 Å². The molecule has 0 heterocycles. The first-order chi connectivity index (χ1) is 13.6. The van der Waals surface area contributed by atoms with Crippen molar-refractivity contribution in [2.24, 2.45) is 5.73 Å². The fourth-order valence-electron chi connectivity index (χ4n) is 2.99. The summed E-state index contributed by atoms with van der Waals surface area (Å²) in [5.41, 5.74) is 9.46. The van der Waals surface area contributed by atoms with Crippen molar-refractivity contribution in [3.8, 4) is 11.1 Å². The minimum Gasteiger partial charge on any atom is -0.465 e. The standard InChI is InChI=1S/C23H22N2O3/c1-28-23(27)20-12-6-10-18(14-20)17-9-5-11-19(13-17)22(26)25-21(15-24)16-7-3-2-4-8-16/h2-14,21H,15,24H2,1H3,(H,25,26)/t21-/m0/s1. The fourth-order valence-corrected chi connectivity index (χ4v) is 2.99. The highest BCUT2D eigenvalue weighted by Crippen LogP contribution is 2.22. The first-order valence-corrected chi connectivity index (χ1v) is 8.97. The molecule has 3 aromatic rings. The van der Waals surface area contributed by atoms with Crippen LogP contribution >= 0.6 is 0 Å². The number of esters is 1. The number of nitrogens with two attached hydrogens (primary N) is 1. The normalized spacial score (nSPS) is 11.5. The zero-order valence-corrected chi connectivity index (χ0v) is 15.6. The van der Waals surface area contributed by atoms with Crippen molar-refractivity contribution in [2.75, 3.05) is 13.7 Å². The molecule has 0 aliphatic rings. The topological polar surface area (TPSA) is 81.4 Å². The summed E-state index contributed by atoms with van der Waals surface area (Å²) < 4.78 is 4.77. The van der Waals surface area contributed by atoms with Crippen LogP contribution < -0.4 is 11.1 Å². The lowest BCUT2D eigenvalue weighted by atomic mass is 10.0. The third kappa shape index (κ3) is 4.45. The SMILES string of the molecule is COC(=O)c1cccc(-c2cccc(C(=O)N[C@@H](CN)c3ccccc3)c2)c1. The molecule has 3 rings (SSSR count). The summed E-state index contributed by atoms with van der Waals surface area (Å²) in [5.74, 6) is -0.602. The van der Waals surface area contributed by atoms with E-state index < -0.39 is 5.97 Å². The van der Waals surface area contributed by atoms with Crippen molar-refractivity contribution in [3.05, 3.63) is 95.6 Å². The van der Waals surface area contributed by atoms with Gasteiger partial charge in [-0.15, -0.1) is 0 Å². The maximum Gasteiger partial charge on any atom is 0.337 e. The van der Waals surface area contributed by atoms with Gasteiger partial charge in [0.2, 0.25) is 0 Å². The van der Waals surface area contributed by atoms with Crippen LogP contribution in [0, 0.1) is 0 Å². The number of rotatable bonds is 6. The van der Waals surface area contributed by atoms with E-state index in [1.165, 1.54) is 7.11 Å². The van der Waals surface area contributed by atoms with E-state index in [9.17, 15) is 9.59 Å². The molecule has 1 atom stereocenters. The molecule has 0 bridgehead atoms. The molecule has 3 N–H and O–H groups in total. The summed E-state index contributed by atoms with van der Waals surface area (Å²) in [6.07, 6.45) is 0. The van der Waals surface area contributed by atoms with Crippen LogP contribution in [0.2, 0.25) is 0 Å². The fraction of sp³-hybridized carbons (Fsp3) is 0.130. The van der Waals surface area contributed by atoms with E-state index in [-0.39, 0.29) is 11.9 Å². The van der Waals surface area contributed by atoms with Crippen molar-refractivity contribution in [1.29, 1.82) is 0 Å². The maximum atomic E-state index is 12.8. The molecule has 1 amide bonds. The van der Waals surface area contributed by atoms with E-state index in [0.717, 1.165) is 16.7 Å². The van der Waals surface area contributed by atoms with Gasteiger partial charge in [-0.2, -0.15) is 0 Å². The number of hydrogen-bond acceptors (Lipinski definition) is 4. The van der Waals surface area contributed by atoms with Gasteiger partial charge in [-0.1, -0.05) is 54.6 Å². The third-order valence-electron chi connectivity index (χ3n) is 4.48. The van der Waals surface area contributed by atoms with Crippen molar-refractivity contribution < 1.29 is 14.3 Å². The molecule has 0 radical (unpaired) electrons. The van der Waals surface area contributed by atoms with Crippen LogP contribution in [0.25, 0.3) is 11.1 Å². The summed E-state index contributed by atoms with van der Waals surface area (Å²) in [5, 5.41) is 2.98. The highest BCUT2D eigenvalue weighted by Gasteiger charge is 2.15. The molecular formula is C23H22N2O3. The molecule has 3 aromatic carbocycles. The second kappa shape index (κ2) is 8.97. The van der Waals surface area contributed by atoms with Crippen LogP contribution in [0.3, 0.4) is 0 Å². The summed E-state index contributed by atoms with van der Waals surface area (Å²) >= 11 is 0. The van der Waals surface area contributed by atoms with Gasteiger partial charge in [-0.05, 0) is 41.0 Å². The Labute approximate surface area is 164 Å². The van der Waals surface area contributed by atoms with Crippen LogP contribution in [0.1, 0.15) is 32.3 Å². The molecule has 0 spiro atoms. The zero-order chi connectivity index (χ0) is 19.9. The lowest BCUT2D eigenvalue weighted by molar-refractivity contribution is 0.0600. The average Bonchev–Trinajstić information content (AvgIpc) is 2.77. The molecule has 0 unspecified atom stereocenters. The Morgan fingerprint density at radius 3 is 2.11 bits per heavy atom. The number of benzene rings is 3. The molecule has 0 saturated heterocycles. The maximum absolute atomic E-state index is 12.8. The lowest BCUT2D eigenvalue weighted by Gasteiger charge is -2.17. The van der Waals surface area contributed by atoms with Crippen LogP contribution in [-0.2, 0) is 4.74 Å². The highest BCUT2D eigenvalue weighted by molar-refractivity contribution is 5.96. The summed E-state index contributed by atoms with van der Waals surface area (Å²) in [4.78, 5) is 24.5. The minimum atomic E-state index is -0.399. The third-order valence-corrected chi connectivity index (χ3v) is 4.48. The number of ether oxygens (including phenoxy) is 1. The van der Waals surface area contributed by atoms with Crippen LogP contribution in [-0.4, -0.2) is 25.5 Å². The van der Waals surface area contributed by atoms with Crippen LogP contribution in [0.4, 0.5) is 0 Å². The Morgan fingerprint density at radius 1 is 0.893 bits per heavy atom. The second-order valence-electron chi connectivity index (χ2n) is 6.33. The molecule has 142 valence electrons. The Morgan fingerprint density at radius 2 is 1.50 bits per heavy atom. The molecule has 0 fully saturated rings. The Hall–Kier alpha value is -3.44. The second-order valence-corrected chi connectivity index (χ2v) is 6.33. The smallest absolute Gasteiger partial charge is 0.337 e. The lowest BCUT2D eigenvalue weighted by Crippen LogP contribution is -2.33. The number of methoxy groups -OCH3 is 1. The van der Waals surface area contributed by atoms with Crippen LogP contribution in [0.5, 0.6) is 0 Å². The Kier molecular flexibility index (Phi) is 6.19. The number of amides is 1. The van der Waals surface area contributed by atoms with Gasteiger partial charge in [0, 0.05) is 12.1 Å². The van der Waals surface area contributed by atoms with Gasteiger partial charge >= 0.3 is 5.97 Å². The van der Waals surface area contributed by atoms with Gasteiger partial charge in [0.1, 0.15) is 0 Å². The molecular weight excluding hydrogens is 352 g/mol. The minimum absolute atomic E-state index is 0.203. The first-order valence-electron chi connectivity index (χ1n) is 8.97. The van der Waals surface area contributed by atoms with Gasteiger partial charge in [-0.25, -0.2) is 4.79 Å². The average molecular weight is 374 g/mol. The highest BCUT2D eigenvalue weighted by atomic mass is 16.5. The predicted octanol–water partition coefficient (Wildman–Crippen LogP) is 3.57. The molecule has 5 nitrogen and oxygen atoms in total. The number of hydrogen-bond donors (Lipinski definition) is 2. The van der Waals surface area contributed by atoms with E-state index in [2.05, 4.69) is 5.32 Å². The molecule has 28 heavy (non-hydrogen) atoms. The molecule has 0 aliphatic carbocycles. The molecule has 0 saturated carbocycles. The molecule has 5 heteroatoms. The number of carbonyl (C=O) groups is 2. The van der Waals surface area contributed by atoms with Crippen molar-refractivity contribution in [2.45, 2.75) is 6.04 Å². The largest absolute Gasteiger partial charge is 0.465 e. The Balaban J connectivity index is 1.83. The first kappa shape index (κ1) is 19.3. The Bertz CT molecular complexity index is 970. The monoisotopic (exact) mass is 374 g/mol. The van der Waals surface area contributed by atoms with E-state index in [1.54, 1.807) is 30.3 Å². The predicted molar refractivity (Wildman–Crippen MR) is 109 cm³/mol. The molecule has 0 aromatic heterocycles. The summed E-state index contributed by atoms with van der Waals surface area (Å²) in [6, 6.07) is 23.7. The van der Waals surface area contributed by atoms with E-state index in [1.807, 2.05) is 48.5 Å². The van der Waals surface area contributed by atoms with Gasteiger partial charge in [0.25, 0.3) is 5.91 Å². The van der Waals surface area contributed by atoms with E-state index >= 15 is 0 Å². The van der Waals surface area contributed by atoms with Crippen molar-refractivity contribution in [3.63, 3.8) is 0 Å². The van der Waals surface area contributed by atoms with Gasteiger partial charge in [0.15, 0.2) is 0 Å². The van der Waals surface area contributed by atoms with Gasteiger partial charge in [-0.3, -0.25) is 4.79 Å². The van der Waals surface area contributed by atoms with Gasteiger partial charge in [0.05, 0.1) is 18.7 Å². The summed E-state index contributed by atoms with van der Waals surface area (Å²) in [7, 11) is 1.35. The van der Waals surface area contributed by atoms with E-state index in [0.29, 0.717) is 17.7 Å². The number of carbonyl (C=O) groups excluding carboxylic acids is 2. The van der Waals surface area contributed by atoms with Gasteiger partial charge < -0.3 is 15.8 Å². The van der Waals surface area contributed by atoms with Crippen molar-refractivity contribution in [1.82, 2.24) is 5.32 Å².